The predicted octanol–water partition coefficient (Wildman–Crippen LogP) is -0.389. The molecular formula is C14H27N3O3S. The molecule has 0 aromatic heterocycles. The van der Waals surface area contributed by atoms with E-state index in [0.29, 0.717) is 18.9 Å². The molecule has 2 aliphatic rings. The van der Waals surface area contributed by atoms with Crippen LogP contribution in [0.3, 0.4) is 0 Å². The fourth-order valence-corrected chi connectivity index (χ4v) is 5.42. The molecule has 0 bridgehead atoms. The Bertz CT molecular complexity index is 472. The molecule has 2 fully saturated rings. The summed E-state index contributed by atoms with van der Waals surface area (Å²) in [4.78, 5) is 14.3. The van der Waals surface area contributed by atoms with Gasteiger partial charge in [-0.3, -0.25) is 9.69 Å². The van der Waals surface area contributed by atoms with Crippen LogP contribution < -0.4 is 10.6 Å². The van der Waals surface area contributed by atoms with Crippen LogP contribution >= 0.6 is 0 Å². The lowest BCUT2D eigenvalue weighted by atomic mass is 9.97. The molecule has 2 rings (SSSR count). The van der Waals surface area contributed by atoms with Gasteiger partial charge in [-0.25, -0.2) is 8.42 Å². The molecule has 0 aromatic carbocycles. The van der Waals surface area contributed by atoms with Gasteiger partial charge in [0.1, 0.15) is 0 Å². The minimum atomic E-state index is -2.98. The first kappa shape index (κ1) is 16.7. The van der Waals surface area contributed by atoms with Gasteiger partial charge in [-0.05, 0) is 58.8 Å². The molecule has 6 nitrogen and oxygen atoms in total. The van der Waals surface area contributed by atoms with Crippen molar-refractivity contribution < 1.29 is 13.2 Å². The molecule has 1 unspecified atom stereocenters. The van der Waals surface area contributed by atoms with Gasteiger partial charge in [-0.2, -0.15) is 0 Å². The average Bonchev–Trinajstić information content (AvgIpc) is 2.65. The van der Waals surface area contributed by atoms with Crippen molar-refractivity contribution in [2.45, 2.75) is 31.7 Å². The maximum absolute atomic E-state index is 12.1. The van der Waals surface area contributed by atoms with Crippen molar-refractivity contribution in [2.75, 3.05) is 44.7 Å². The highest BCUT2D eigenvalue weighted by Crippen LogP contribution is 2.23. The Balaban J connectivity index is 1.76. The number of amides is 1. The molecule has 0 aliphatic carbocycles. The molecule has 2 aliphatic heterocycles. The van der Waals surface area contributed by atoms with E-state index in [2.05, 4.69) is 15.5 Å². The smallest absolute Gasteiger partial charge is 0.234 e. The van der Waals surface area contributed by atoms with Crippen molar-refractivity contribution in [1.29, 1.82) is 0 Å². The summed E-state index contributed by atoms with van der Waals surface area (Å²) >= 11 is 0. The fourth-order valence-electron chi connectivity index (χ4n) is 3.33. The van der Waals surface area contributed by atoms with Crippen LogP contribution in [0.15, 0.2) is 0 Å². The van der Waals surface area contributed by atoms with E-state index in [1.807, 2.05) is 14.0 Å². The SMILES string of the molecule is CNCC1CCN(CC(=O)NC2(C)CCS(=O)(=O)C2)CC1. The van der Waals surface area contributed by atoms with E-state index < -0.39 is 15.4 Å². The van der Waals surface area contributed by atoms with E-state index in [0.717, 1.165) is 32.5 Å². The summed E-state index contributed by atoms with van der Waals surface area (Å²) in [5.74, 6) is 0.892. The maximum Gasteiger partial charge on any atom is 0.234 e. The first-order valence-electron chi connectivity index (χ1n) is 7.70. The van der Waals surface area contributed by atoms with E-state index in [9.17, 15) is 13.2 Å². The Morgan fingerprint density at radius 1 is 1.33 bits per heavy atom. The largest absolute Gasteiger partial charge is 0.349 e. The van der Waals surface area contributed by atoms with Gasteiger partial charge in [0.05, 0.1) is 23.6 Å². The minimum absolute atomic E-state index is 0.0540. The number of hydrogen-bond donors (Lipinski definition) is 2. The third-order valence-corrected chi connectivity index (χ3v) is 6.41. The first-order chi connectivity index (χ1) is 9.82. The zero-order chi connectivity index (χ0) is 15.5. The molecule has 122 valence electrons. The Morgan fingerprint density at radius 3 is 2.52 bits per heavy atom. The van der Waals surface area contributed by atoms with Crippen LogP contribution in [0.4, 0.5) is 0 Å². The number of carbonyl (C=O) groups excluding carboxylic acids is 1. The maximum atomic E-state index is 12.1. The van der Waals surface area contributed by atoms with Gasteiger partial charge in [0, 0.05) is 0 Å². The molecule has 0 aromatic rings. The summed E-state index contributed by atoms with van der Waals surface area (Å²) in [6.07, 6.45) is 2.74. The number of rotatable bonds is 5. The molecule has 0 saturated carbocycles. The fraction of sp³-hybridized carbons (Fsp3) is 0.929. The van der Waals surface area contributed by atoms with Crippen molar-refractivity contribution in [3.05, 3.63) is 0 Å². The van der Waals surface area contributed by atoms with Crippen molar-refractivity contribution in [2.24, 2.45) is 5.92 Å². The van der Waals surface area contributed by atoms with E-state index in [1.165, 1.54) is 0 Å². The quantitative estimate of drug-likeness (QED) is 0.722. The normalized spacial score (nSPS) is 30.4. The second-order valence-corrected chi connectivity index (χ2v) is 8.91. The summed E-state index contributed by atoms with van der Waals surface area (Å²) in [5.41, 5.74) is -0.583. The van der Waals surface area contributed by atoms with E-state index in [-0.39, 0.29) is 17.4 Å². The van der Waals surface area contributed by atoms with Crippen LogP contribution in [0.1, 0.15) is 26.2 Å². The lowest BCUT2D eigenvalue weighted by Crippen LogP contribution is -2.51. The molecule has 7 heteroatoms. The summed E-state index contributed by atoms with van der Waals surface area (Å²) in [6.45, 7) is 5.12. The second-order valence-electron chi connectivity index (χ2n) is 6.73. The average molecular weight is 317 g/mol. The summed E-state index contributed by atoms with van der Waals surface area (Å²) < 4.78 is 23.1. The van der Waals surface area contributed by atoms with Crippen molar-refractivity contribution in [3.63, 3.8) is 0 Å². The molecular weight excluding hydrogens is 290 g/mol. The van der Waals surface area contributed by atoms with Crippen LogP contribution in [0.2, 0.25) is 0 Å². The highest BCUT2D eigenvalue weighted by atomic mass is 32.2. The lowest BCUT2D eigenvalue weighted by molar-refractivity contribution is -0.124. The highest BCUT2D eigenvalue weighted by molar-refractivity contribution is 7.91. The van der Waals surface area contributed by atoms with Crippen LogP contribution in [0, 0.1) is 5.92 Å². The Kier molecular flexibility index (Phi) is 5.27. The zero-order valence-corrected chi connectivity index (χ0v) is 13.8. The van der Waals surface area contributed by atoms with Gasteiger partial charge in [-0.15, -0.1) is 0 Å². The van der Waals surface area contributed by atoms with E-state index >= 15 is 0 Å². The molecule has 2 saturated heterocycles. The summed E-state index contributed by atoms with van der Waals surface area (Å²) in [7, 11) is -1.01. The molecule has 2 N–H and O–H groups in total. The standard InChI is InChI=1S/C14H27N3O3S/c1-14(5-8-21(19,20)11-14)16-13(18)10-17-6-3-12(4-7-17)9-15-2/h12,15H,3-11H2,1-2H3,(H,16,18). The topological polar surface area (TPSA) is 78.5 Å². The minimum Gasteiger partial charge on any atom is -0.349 e. The van der Waals surface area contributed by atoms with E-state index in [4.69, 9.17) is 0 Å². The predicted molar refractivity (Wildman–Crippen MR) is 82.9 cm³/mol. The highest BCUT2D eigenvalue weighted by Gasteiger charge is 2.39. The van der Waals surface area contributed by atoms with Crippen LogP contribution in [0.5, 0.6) is 0 Å². The number of sulfone groups is 1. The Hall–Kier alpha value is -0.660. The van der Waals surface area contributed by atoms with Gasteiger partial charge >= 0.3 is 0 Å². The number of piperidine rings is 1. The monoisotopic (exact) mass is 317 g/mol. The molecule has 0 spiro atoms. The van der Waals surface area contributed by atoms with Gasteiger partial charge in [0.25, 0.3) is 0 Å². The van der Waals surface area contributed by atoms with Crippen molar-refractivity contribution in [3.8, 4) is 0 Å². The van der Waals surface area contributed by atoms with Crippen LogP contribution in [-0.2, 0) is 14.6 Å². The number of carbonyl (C=O) groups is 1. The number of nitrogens with one attached hydrogen (secondary N) is 2. The van der Waals surface area contributed by atoms with Gasteiger partial charge < -0.3 is 10.6 Å². The second kappa shape index (κ2) is 6.62. The number of hydrogen-bond acceptors (Lipinski definition) is 5. The molecule has 0 radical (unpaired) electrons. The van der Waals surface area contributed by atoms with Crippen LogP contribution in [-0.4, -0.2) is 69.5 Å². The Labute approximate surface area is 127 Å². The molecule has 2 heterocycles. The van der Waals surface area contributed by atoms with E-state index in [1.54, 1.807) is 0 Å². The van der Waals surface area contributed by atoms with Crippen molar-refractivity contribution in [1.82, 2.24) is 15.5 Å². The number of nitrogens with zero attached hydrogens (tertiary/aromatic N) is 1. The van der Waals surface area contributed by atoms with Gasteiger partial charge in [-0.1, -0.05) is 0 Å². The molecule has 1 atom stereocenters. The molecule has 21 heavy (non-hydrogen) atoms. The zero-order valence-electron chi connectivity index (χ0n) is 13.0. The summed E-state index contributed by atoms with van der Waals surface area (Å²) in [5, 5.41) is 6.12. The van der Waals surface area contributed by atoms with Crippen LogP contribution in [0.25, 0.3) is 0 Å². The number of likely N-dealkylation sites (tertiary alicyclic amines) is 1. The lowest BCUT2D eigenvalue weighted by Gasteiger charge is -2.32. The third kappa shape index (κ3) is 4.93. The Morgan fingerprint density at radius 2 is 2.00 bits per heavy atom. The summed E-state index contributed by atoms with van der Waals surface area (Å²) in [6, 6.07) is 0. The molecule has 1 amide bonds. The first-order valence-corrected chi connectivity index (χ1v) is 9.52. The van der Waals surface area contributed by atoms with Gasteiger partial charge in [0.15, 0.2) is 9.84 Å². The van der Waals surface area contributed by atoms with Gasteiger partial charge in [0.2, 0.25) is 5.91 Å². The third-order valence-electron chi connectivity index (χ3n) is 4.51. The van der Waals surface area contributed by atoms with Crippen molar-refractivity contribution >= 4 is 15.7 Å².